The van der Waals surface area contributed by atoms with Gasteiger partial charge in [0.25, 0.3) is 5.92 Å². The fourth-order valence-electron chi connectivity index (χ4n) is 1.98. The largest absolute Gasteiger partial charge is 0.359 e. The van der Waals surface area contributed by atoms with Crippen LogP contribution in [0.25, 0.3) is 11.0 Å². The van der Waals surface area contributed by atoms with Crippen LogP contribution in [-0.4, -0.2) is 29.4 Å². The fourth-order valence-corrected chi connectivity index (χ4v) is 3.07. The molecule has 0 aliphatic carbocycles. The molecule has 2 rings (SSSR count). The van der Waals surface area contributed by atoms with Gasteiger partial charge in [0.1, 0.15) is 12.4 Å². The summed E-state index contributed by atoms with van der Waals surface area (Å²) in [6, 6.07) is 2.63. The summed E-state index contributed by atoms with van der Waals surface area (Å²) < 4.78 is 35.1. The minimum atomic E-state index is -3.02. The normalized spacial score (nSPS) is 13.0. The quantitative estimate of drug-likeness (QED) is 0.532. The molecular formula is C14H20BrF2N3OSi. The summed E-state index contributed by atoms with van der Waals surface area (Å²) in [5.74, 6) is -3.02. The number of aromatic nitrogens is 3. The van der Waals surface area contributed by atoms with Crippen molar-refractivity contribution in [1.82, 2.24) is 14.8 Å². The summed E-state index contributed by atoms with van der Waals surface area (Å²) in [6.07, 6.45) is 1.57. The Morgan fingerprint density at radius 2 is 2.05 bits per heavy atom. The lowest BCUT2D eigenvalue weighted by Gasteiger charge is -2.15. The smallest absolute Gasteiger partial charge is 0.289 e. The van der Waals surface area contributed by atoms with Crippen LogP contribution in [0.4, 0.5) is 8.78 Å². The Bertz CT molecular complexity index is 664. The van der Waals surface area contributed by atoms with Crippen molar-refractivity contribution in [3.05, 3.63) is 22.4 Å². The standard InChI is InChI=1S/C14H20BrF2N3OSi/c1-14(16,17)12-11-7-10(15)8-18-13(11)20(19-12)9-21-5-6-22(2,3)4/h7-8H,5-6,9H2,1-4H3. The molecule has 2 aromatic heterocycles. The molecule has 0 saturated carbocycles. The van der Waals surface area contributed by atoms with E-state index in [9.17, 15) is 8.78 Å². The molecule has 4 nitrogen and oxygen atoms in total. The number of nitrogens with zero attached hydrogens (tertiary/aromatic N) is 3. The lowest BCUT2D eigenvalue weighted by molar-refractivity contribution is 0.0115. The van der Waals surface area contributed by atoms with Crippen LogP contribution in [0, 0.1) is 0 Å². The summed E-state index contributed by atoms with van der Waals surface area (Å²) in [5, 5.41) is 4.35. The van der Waals surface area contributed by atoms with Gasteiger partial charge in [-0.2, -0.15) is 13.9 Å². The highest BCUT2D eigenvalue weighted by Crippen LogP contribution is 2.32. The van der Waals surface area contributed by atoms with E-state index in [1.165, 1.54) is 4.68 Å². The van der Waals surface area contributed by atoms with Crippen LogP contribution in [0.3, 0.4) is 0 Å². The molecule has 0 saturated heterocycles. The van der Waals surface area contributed by atoms with Crippen LogP contribution >= 0.6 is 15.9 Å². The first kappa shape index (κ1) is 17.5. The van der Waals surface area contributed by atoms with E-state index in [0.29, 0.717) is 22.1 Å². The Hall–Kier alpha value is -0.863. The van der Waals surface area contributed by atoms with Crippen molar-refractivity contribution in [2.45, 2.75) is 45.3 Å². The van der Waals surface area contributed by atoms with Gasteiger partial charge in [-0.1, -0.05) is 19.6 Å². The Balaban J connectivity index is 2.23. The molecule has 0 bridgehead atoms. The SMILES string of the molecule is CC(F)(F)c1nn(COCC[Si](C)(C)C)c2ncc(Br)cc12. The van der Waals surface area contributed by atoms with E-state index >= 15 is 0 Å². The number of hydrogen-bond donors (Lipinski definition) is 0. The van der Waals surface area contributed by atoms with Crippen molar-refractivity contribution >= 4 is 35.0 Å². The molecule has 8 heteroatoms. The topological polar surface area (TPSA) is 39.9 Å². The van der Waals surface area contributed by atoms with Crippen molar-refractivity contribution in [2.24, 2.45) is 0 Å². The Labute approximate surface area is 138 Å². The fraction of sp³-hybridized carbons (Fsp3) is 0.571. The second-order valence-corrected chi connectivity index (χ2v) is 13.1. The Morgan fingerprint density at radius 3 is 2.64 bits per heavy atom. The number of pyridine rings is 1. The molecule has 22 heavy (non-hydrogen) atoms. The van der Waals surface area contributed by atoms with Crippen molar-refractivity contribution in [3.63, 3.8) is 0 Å². The maximum Gasteiger partial charge on any atom is 0.289 e. The first-order valence-corrected chi connectivity index (χ1v) is 11.6. The zero-order valence-electron chi connectivity index (χ0n) is 13.2. The average molecular weight is 392 g/mol. The Kier molecular flexibility index (Phi) is 5.03. The molecule has 0 atom stereocenters. The van der Waals surface area contributed by atoms with Gasteiger partial charge in [-0.15, -0.1) is 0 Å². The second-order valence-electron chi connectivity index (χ2n) is 6.61. The van der Waals surface area contributed by atoms with Crippen molar-refractivity contribution in [1.29, 1.82) is 0 Å². The molecule has 2 heterocycles. The van der Waals surface area contributed by atoms with Gasteiger partial charge in [0, 0.05) is 37.7 Å². The van der Waals surface area contributed by atoms with E-state index in [0.717, 1.165) is 13.0 Å². The maximum absolute atomic E-state index is 13.7. The van der Waals surface area contributed by atoms with E-state index in [-0.39, 0.29) is 12.4 Å². The van der Waals surface area contributed by atoms with Gasteiger partial charge < -0.3 is 4.74 Å². The van der Waals surface area contributed by atoms with Crippen LogP contribution in [0.1, 0.15) is 12.6 Å². The molecule has 2 aromatic rings. The third kappa shape index (κ3) is 4.33. The molecule has 0 unspecified atom stereocenters. The average Bonchev–Trinajstić information content (AvgIpc) is 2.71. The molecule has 0 aromatic carbocycles. The first-order valence-electron chi connectivity index (χ1n) is 7.06. The minimum absolute atomic E-state index is 0.131. The summed E-state index contributed by atoms with van der Waals surface area (Å²) in [4.78, 5) is 4.19. The predicted octanol–water partition coefficient (Wildman–Crippen LogP) is 4.62. The van der Waals surface area contributed by atoms with Crippen molar-refractivity contribution in [3.8, 4) is 0 Å². The zero-order valence-corrected chi connectivity index (χ0v) is 15.7. The van der Waals surface area contributed by atoms with Gasteiger partial charge in [-0.3, -0.25) is 0 Å². The van der Waals surface area contributed by atoms with E-state index < -0.39 is 14.0 Å². The molecule has 0 aliphatic rings. The molecule has 0 aliphatic heterocycles. The molecule has 0 fully saturated rings. The predicted molar refractivity (Wildman–Crippen MR) is 88.9 cm³/mol. The summed E-state index contributed by atoms with van der Waals surface area (Å²) in [7, 11) is -1.18. The summed E-state index contributed by atoms with van der Waals surface area (Å²) >= 11 is 3.26. The van der Waals surface area contributed by atoms with Gasteiger partial charge >= 0.3 is 0 Å². The third-order valence-corrected chi connectivity index (χ3v) is 5.32. The van der Waals surface area contributed by atoms with Crippen LogP contribution in [0.5, 0.6) is 0 Å². The van der Waals surface area contributed by atoms with E-state index in [1.54, 1.807) is 12.3 Å². The molecule has 0 N–H and O–H groups in total. The van der Waals surface area contributed by atoms with Crippen molar-refractivity contribution in [2.75, 3.05) is 6.61 Å². The number of halogens is 3. The number of alkyl halides is 2. The molecule has 0 radical (unpaired) electrons. The van der Waals surface area contributed by atoms with E-state index in [4.69, 9.17) is 4.74 Å². The van der Waals surface area contributed by atoms with Gasteiger partial charge in [-0.25, -0.2) is 9.67 Å². The third-order valence-electron chi connectivity index (χ3n) is 3.18. The lowest BCUT2D eigenvalue weighted by atomic mass is 10.2. The number of rotatable bonds is 6. The monoisotopic (exact) mass is 391 g/mol. The second kappa shape index (κ2) is 6.33. The van der Waals surface area contributed by atoms with Crippen molar-refractivity contribution < 1.29 is 13.5 Å². The molecule has 0 amide bonds. The highest BCUT2D eigenvalue weighted by molar-refractivity contribution is 9.10. The first-order chi connectivity index (χ1) is 10.1. The van der Waals surface area contributed by atoms with Crippen LogP contribution in [0.15, 0.2) is 16.7 Å². The lowest BCUT2D eigenvalue weighted by Crippen LogP contribution is -2.22. The van der Waals surface area contributed by atoms with E-state index in [1.807, 2.05) is 0 Å². The number of ether oxygens (including phenoxy) is 1. The highest BCUT2D eigenvalue weighted by Gasteiger charge is 2.31. The maximum atomic E-state index is 13.7. The minimum Gasteiger partial charge on any atom is -0.359 e. The van der Waals surface area contributed by atoms with E-state index in [2.05, 4.69) is 45.7 Å². The van der Waals surface area contributed by atoms with Gasteiger partial charge in [0.15, 0.2) is 5.65 Å². The molecule has 122 valence electrons. The zero-order chi connectivity index (χ0) is 16.5. The Morgan fingerprint density at radius 1 is 1.36 bits per heavy atom. The molecular weight excluding hydrogens is 372 g/mol. The van der Waals surface area contributed by atoms with Crippen LogP contribution in [-0.2, 0) is 17.4 Å². The van der Waals surface area contributed by atoms with Crippen LogP contribution < -0.4 is 0 Å². The number of fused-ring (bicyclic) bond motifs is 1. The number of hydrogen-bond acceptors (Lipinski definition) is 3. The summed E-state index contributed by atoms with van der Waals surface area (Å²) in [5.41, 5.74) is 0.137. The van der Waals surface area contributed by atoms with Gasteiger partial charge in [0.05, 0.1) is 0 Å². The van der Waals surface area contributed by atoms with Crippen LogP contribution in [0.2, 0.25) is 25.7 Å². The van der Waals surface area contributed by atoms with Gasteiger partial charge in [0.2, 0.25) is 0 Å². The highest BCUT2D eigenvalue weighted by atomic mass is 79.9. The summed E-state index contributed by atoms with van der Waals surface area (Å²) in [6.45, 7) is 8.35. The molecule has 0 spiro atoms. The van der Waals surface area contributed by atoms with Gasteiger partial charge in [-0.05, 0) is 28.0 Å².